The molecule has 1 nitrogen and oxygen atoms in total. The van der Waals surface area contributed by atoms with Crippen molar-refractivity contribution in [2.45, 2.75) is 40.0 Å². The maximum Gasteiger partial charge on any atom is 0.118 e. The summed E-state index contributed by atoms with van der Waals surface area (Å²) in [5.74, 6) is 0.415. The van der Waals surface area contributed by atoms with Crippen LogP contribution in [0.3, 0.4) is 0 Å². The van der Waals surface area contributed by atoms with Crippen molar-refractivity contribution in [3.63, 3.8) is 0 Å². The minimum atomic E-state index is 0.415. The van der Waals surface area contributed by atoms with Gasteiger partial charge >= 0.3 is 0 Å². The van der Waals surface area contributed by atoms with Crippen LogP contribution in [-0.2, 0) is 6.42 Å². The first-order valence-electron chi connectivity index (χ1n) is 4.94. The summed E-state index contributed by atoms with van der Waals surface area (Å²) in [6.45, 7) is 6.21. The highest BCUT2D eigenvalue weighted by Gasteiger charge is 2.02. The van der Waals surface area contributed by atoms with Crippen molar-refractivity contribution in [1.82, 2.24) is 0 Å². The van der Waals surface area contributed by atoms with Crippen molar-refractivity contribution in [2.75, 3.05) is 0 Å². The maximum atomic E-state index is 9.45. The molecule has 0 amide bonds. The molecule has 0 saturated carbocycles. The fraction of sp³-hybridized carbons (Fsp3) is 0.500. The highest BCUT2D eigenvalue weighted by atomic mass is 16.3. The molecule has 1 rings (SSSR count). The van der Waals surface area contributed by atoms with Crippen molar-refractivity contribution in [3.05, 3.63) is 28.8 Å². The van der Waals surface area contributed by atoms with E-state index in [-0.39, 0.29) is 0 Å². The van der Waals surface area contributed by atoms with E-state index in [1.54, 1.807) is 0 Å². The highest BCUT2D eigenvalue weighted by Crippen LogP contribution is 2.22. The molecular weight excluding hydrogens is 160 g/mol. The van der Waals surface area contributed by atoms with Gasteiger partial charge in [0.15, 0.2) is 0 Å². The van der Waals surface area contributed by atoms with Crippen LogP contribution in [0.1, 0.15) is 36.5 Å². The second-order valence-electron chi connectivity index (χ2n) is 3.67. The Labute approximate surface area is 80.4 Å². The van der Waals surface area contributed by atoms with Gasteiger partial charge in [-0.2, -0.15) is 0 Å². The summed E-state index contributed by atoms with van der Waals surface area (Å²) in [7, 11) is 0. The monoisotopic (exact) mass is 178 g/mol. The molecule has 0 radical (unpaired) electrons. The highest BCUT2D eigenvalue weighted by molar-refractivity contribution is 5.40. The molecular formula is C12H18O. The first-order valence-corrected chi connectivity index (χ1v) is 4.94. The number of aromatic hydroxyl groups is 1. The summed E-state index contributed by atoms with van der Waals surface area (Å²) in [4.78, 5) is 0. The normalized spacial score (nSPS) is 10.4. The van der Waals surface area contributed by atoms with Gasteiger partial charge in [0.1, 0.15) is 5.75 Å². The third-order valence-corrected chi connectivity index (χ3v) is 2.45. The van der Waals surface area contributed by atoms with E-state index in [2.05, 4.69) is 19.9 Å². The molecule has 1 heteroatoms. The lowest BCUT2D eigenvalue weighted by atomic mass is 10.00. The van der Waals surface area contributed by atoms with E-state index < -0.39 is 0 Å². The van der Waals surface area contributed by atoms with E-state index in [0.29, 0.717) is 5.75 Å². The van der Waals surface area contributed by atoms with Crippen LogP contribution in [0.25, 0.3) is 0 Å². The summed E-state index contributed by atoms with van der Waals surface area (Å²) in [6, 6.07) is 3.96. The molecule has 1 aromatic rings. The first-order chi connectivity index (χ1) is 6.15. The van der Waals surface area contributed by atoms with Gasteiger partial charge < -0.3 is 5.11 Å². The van der Waals surface area contributed by atoms with Crippen LogP contribution < -0.4 is 0 Å². The minimum Gasteiger partial charge on any atom is -0.508 e. The van der Waals surface area contributed by atoms with Crippen LogP contribution in [-0.4, -0.2) is 5.11 Å². The van der Waals surface area contributed by atoms with E-state index in [4.69, 9.17) is 0 Å². The molecule has 0 aliphatic heterocycles. The Bertz CT molecular complexity index is 289. The SMILES string of the molecule is CCCCc1cc(C)c(O)cc1C. The fourth-order valence-electron chi connectivity index (χ4n) is 1.50. The average Bonchev–Trinajstić information content (AvgIpc) is 2.09. The Morgan fingerprint density at radius 1 is 1.15 bits per heavy atom. The molecule has 0 aliphatic rings. The van der Waals surface area contributed by atoms with Crippen molar-refractivity contribution >= 4 is 0 Å². The van der Waals surface area contributed by atoms with Crippen LogP contribution in [0, 0.1) is 13.8 Å². The molecule has 1 aromatic carbocycles. The zero-order valence-electron chi connectivity index (χ0n) is 8.72. The number of unbranched alkanes of at least 4 members (excludes halogenated alkanes) is 1. The Morgan fingerprint density at radius 2 is 1.85 bits per heavy atom. The lowest BCUT2D eigenvalue weighted by Gasteiger charge is -2.07. The molecule has 0 atom stereocenters. The summed E-state index contributed by atoms with van der Waals surface area (Å²) in [6.07, 6.45) is 3.58. The lowest BCUT2D eigenvalue weighted by Crippen LogP contribution is -1.91. The predicted octanol–water partition coefficient (Wildman–Crippen LogP) is 3.35. The number of hydrogen-bond donors (Lipinski definition) is 1. The van der Waals surface area contributed by atoms with E-state index in [1.165, 1.54) is 24.0 Å². The van der Waals surface area contributed by atoms with Crippen molar-refractivity contribution in [3.8, 4) is 5.75 Å². The van der Waals surface area contributed by atoms with E-state index in [1.807, 2.05) is 13.0 Å². The number of benzene rings is 1. The second-order valence-corrected chi connectivity index (χ2v) is 3.67. The largest absolute Gasteiger partial charge is 0.508 e. The zero-order valence-corrected chi connectivity index (χ0v) is 8.72. The number of phenols is 1. The predicted molar refractivity (Wildman–Crippen MR) is 56.2 cm³/mol. The Balaban J connectivity index is 2.88. The summed E-state index contributed by atoms with van der Waals surface area (Å²) >= 11 is 0. The minimum absolute atomic E-state index is 0.415. The van der Waals surface area contributed by atoms with Gasteiger partial charge in [0.25, 0.3) is 0 Å². The van der Waals surface area contributed by atoms with Gasteiger partial charge in [0.2, 0.25) is 0 Å². The smallest absolute Gasteiger partial charge is 0.118 e. The van der Waals surface area contributed by atoms with Gasteiger partial charge in [-0.1, -0.05) is 19.4 Å². The van der Waals surface area contributed by atoms with Crippen LogP contribution in [0.5, 0.6) is 5.75 Å². The van der Waals surface area contributed by atoms with Crippen molar-refractivity contribution in [1.29, 1.82) is 0 Å². The third-order valence-electron chi connectivity index (χ3n) is 2.45. The number of hydrogen-bond acceptors (Lipinski definition) is 1. The molecule has 0 spiro atoms. The van der Waals surface area contributed by atoms with Crippen molar-refractivity contribution < 1.29 is 5.11 Å². The van der Waals surface area contributed by atoms with Crippen LogP contribution in [0.2, 0.25) is 0 Å². The summed E-state index contributed by atoms with van der Waals surface area (Å²) < 4.78 is 0. The molecule has 0 bridgehead atoms. The van der Waals surface area contributed by atoms with Crippen LogP contribution in [0.15, 0.2) is 12.1 Å². The Hall–Kier alpha value is -0.980. The zero-order chi connectivity index (χ0) is 9.84. The van der Waals surface area contributed by atoms with Crippen LogP contribution >= 0.6 is 0 Å². The number of phenolic OH excluding ortho intramolecular Hbond substituents is 1. The van der Waals surface area contributed by atoms with Gasteiger partial charge in [-0.15, -0.1) is 0 Å². The summed E-state index contributed by atoms with van der Waals surface area (Å²) in [5.41, 5.74) is 3.56. The first kappa shape index (κ1) is 10.1. The van der Waals surface area contributed by atoms with Gasteiger partial charge in [-0.3, -0.25) is 0 Å². The number of rotatable bonds is 3. The quantitative estimate of drug-likeness (QED) is 0.752. The van der Waals surface area contributed by atoms with Crippen molar-refractivity contribution in [2.24, 2.45) is 0 Å². The molecule has 0 fully saturated rings. The van der Waals surface area contributed by atoms with E-state index >= 15 is 0 Å². The molecule has 13 heavy (non-hydrogen) atoms. The lowest BCUT2D eigenvalue weighted by molar-refractivity contribution is 0.470. The maximum absolute atomic E-state index is 9.45. The Morgan fingerprint density at radius 3 is 2.46 bits per heavy atom. The topological polar surface area (TPSA) is 20.2 Å². The molecule has 0 aliphatic carbocycles. The van der Waals surface area contributed by atoms with Gasteiger partial charge in [-0.05, 0) is 49.4 Å². The van der Waals surface area contributed by atoms with Gasteiger partial charge in [0, 0.05) is 0 Å². The third kappa shape index (κ3) is 2.48. The number of aryl methyl sites for hydroxylation is 3. The molecule has 0 heterocycles. The fourth-order valence-corrected chi connectivity index (χ4v) is 1.50. The standard InChI is InChI=1S/C12H18O/c1-4-5-6-11-7-10(3)12(13)8-9(11)2/h7-8,13H,4-6H2,1-3H3. The molecule has 0 unspecified atom stereocenters. The van der Waals surface area contributed by atoms with Gasteiger partial charge in [0.05, 0.1) is 0 Å². The van der Waals surface area contributed by atoms with Crippen LogP contribution in [0.4, 0.5) is 0 Å². The van der Waals surface area contributed by atoms with Gasteiger partial charge in [-0.25, -0.2) is 0 Å². The Kier molecular flexibility index (Phi) is 3.35. The molecule has 72 valence electrons. The molecule has 1 N–H and O–H groups in total. The van der Waals surface area contributed by atoms with E-state index in [0.717, 1.165) is 12.0 Å². The molecule has 0 saturated heterocycles. The average molecular weight is 178 g/mol. The second kappa shape index (κ2) is 4.31. The molecule has 0 aromatic heterocycles. The summed E-state index contributed by atoms with van der Waals surface area (Å²) in [5, 5.41) is 9.45. The van der Waals surface area contributed by atoms with E-state index in [9.17, 15) is 5.11 Å².